The summed E-state index contributed by atoms with van der Waals surface area (Å²) in [7, 11) is 0. The van der Waals surface area contributed by atoms with Crippen molar-refractivity contribution in [1.82, 2.24) is 4.98 Å². The van der Waals surface area contributed by atoms with Gasteiger partial charge in [-0.25, -0.2) is 0 Å². The molecule has 144 valence electrons. The number of hydrogen-bond donors (Lipinski definition) is 1. The molecule has 0 aliphatic heterocycles. The molecule has 2 rings (SSSR count). The highest BCUT2D eigenvalue weighted by molar-refractivity contribution is 6.07. The number of nitrogens with zero attached hydrogens (tertiary/aromatic N) is 1. The minimum atomic E-state index is -0.170. The lowest BCUT2D eigenvalue weighted by atomic mass is 10.0. The van der Waals surface area contributed by atoms with Gasteiger partial charge < -0.3 is 10.1 Å². The first-order chi connectivity index (χ1) is 13.1. The number of anilines is 1. The van der Waals surface area contributed by atoms with Crippen molar-refractivity contribution in [1.29, 1.82) is 0 Å². The van der Waals surface area contributed by atoms with E-state index in [2.05, 4.69) is 42.9 Å². The Morgan fingerprint density at radius 1 is 1.11 bits per heavy atom. The molecule has 1 aromatic carbocycles. The maximum absolute atomic E-state index is 13.3. The van der Waals surface area contributed by atoms with E-state index in [-0.39, 0.29) is 5.91 Å². The van der Waals surface area contributed by atoms with Crippen LogP contribution in [0, 0.1) is 0 Å². The molecule has 0 aliphatic carbocycles. The molecular formula is C23H30N2O2. The summed E-state index contributed by atoms with van der Waals surface area (Å²) < 4.78 is 5.82. The van der Waals surface area contributed by atoms with Gasteiger partial charge in [-0.15, -0.1) is 0 Å². The fraction of sp³-hybridized carbons (Fsp3) is 0.391. The first kappa shape index (κ1) is 20.7. The van der Waals surface area contributed by atoms with Crippen molar-refractivity contribution in [2.45, 2.75) is 53.4 Å². The molecule has 4 heteroatoms. The van der Waals surface area contributed by atoms with Crippen molar-refractivity contribution in [2.24, 2.45) is 0 Å². The first-order valence-electron chi connectivity index (χ1n) is 9.77. The van der Waals surface area contributed by atoms with Crippen LogP contribution >= 0.6 is 0 Å². The molecule has 0 saturated carbocycles. The normalized spacial score (nSPS) is 10.5. The molecule has 4 nitrogen and oxygen atoms in total. The third kappa shape index (κ3) is 4.76. The fourth-order valence-corrected chi connectivity index (χ4v) is 3.15. The smallest absolute Gasteiger partial charge is 0.261 e. The van der Waals surface area contributed by atoms with E-state index < -0.39 is 0 Å². The standard InChI is InChI=1S/C23H30N2O2/c1-6-14-27-20-15-18(9-4)24-19(10-5)21(20)23(26)25-22-16(7-2)12-11-13-17(22)8-3/h6,11-13,15H,1,7-10,14H2,2-5H3,(H,25,26). The Kier molecular flexibility index (Phi) is 7.59. The van der Waals surface area contributed by atoms with Gasteiger partial charge in [-0.3, -0.25) is 9.78 Å². The molecular weight excluding hydrogens is 336 g/mol. The highest BCUT2D eigenvalue weighted by atomic mass is 16.5. The van der Waals surface area contributed by atoms with Gasteiger partial charge in [-0.05, 0) is 36.8 Å². The second-order valence-electron chi connectivity index (χ2n) is 6.35. The Morgan fingerprint density at radius 2 is 1.78 bits per heavy atom. The molecule has 1 N–H and O–H groups in total. The molecule has 0 atom stereocenters. The van der Waals surface area contributed by atoms with Gasteiger partial charge in [0.05, 0.1) is 5.69 Å². The fourth-order valence-electron chi connectivity index (χ4n) is 3.15. The summed E-state index contributed by atoms with van der Waals surface area (Å²) in [5.74, 6) is 0.403. The molecule has 0 fully saturated rings. The van der Waals surface area contributed by atoms with E-state index in [4.69, 9.17) is 4.74 Å². The lowest BCUT2D eigenvalue weighted by Crippen LogP contribution is -2.19. The Hall–Kier alpha value is -2.62. The maximum atomic E-state index is 13.3. The molecule has 0 radical (unpaired) electrons. The van der Waals surface area contributed by atoms with E-state index in [0.29, 0.717) is 24.3 Å². The van der Waals surface area contributed by atoms with Crippen molar-refractivity contribution in [3.8, 4) is 5.75 Å². The summed E-state index contributed by atoms with van der Waals surface area (Å²) in [5, 5.41) is 3.14. The van der Waals surface area contributed by atoms with Crippen molar-refractivity contribution in [3.05, 3.63) is 65.0 Å². The van der Waals surface area contributed by atoms with E-state index >= 15 is 0 Å². The van der Waals surface area contributed by atoms with Crippen LogP contribution in [0.5, 0.6) is 5.75 Å². The number of nitrogens with one attached hydrogen (secondary N) is 1. The minimum Gasteiger partial charge on any atom is -0.489 e. The Morgan fingerprint density at radius 3 is 2.30 bits per heavy atom. The predicted octanol–water partition coefficient (Wildman–Crippen LogP) is 5.15. The summed E-state index contributed by atoms with van der Waals surface area (Å²) in [6, 6.07) is 8.02. The van der Waals surface area contributed by atoms with Crippen LogP contribution in [0.25, 0.3) is 0 Å². The number of amides is 1. The van der Waals surface area contributed by atoms with Crippen molar-refractivity contribution >= 4 is 11.6 Å². The number of aromatic nitrogens is 1. The van der Waals surface area contributed by atoms with Crippen LogP contribution < -0.4 is 10.1 Å². The number of pyridine rings is 1. The second-order valence-corrected chi connectivity index (χ2v) is 6.35. The van der Waals surface area contributed by atoms with Gasteiger partial charge in [-0.2, -0.15) is 0 Å². The molecule has 2 aromatic rings. The van der Waals surface area contributed by atoms with Gasteiger partial charge in [0.15, 0.2) is 0 Å². The number of para-hydroxylation sites is 1. The van der Waals surface area contributed by atoms with Gasteiger partial charge >= 0.3 is 0 Å². The zero-order chi connectivity index (χ0) is 19.8. The first-order valence-corrected chi connectivity index (χ1v) is 9.77. The Labute approximate surface area is 162 Å². The monoisotopic (exact) mass is 366 g/mol. The van der Waals surface area contributed by atoms with E-state index in [0.717, 1.165) is 47.5 Å². The summed E-state index contributed by atoms with van der Waals surface area (Å²) >= 11 is 0. The molecule has 0 unspecified atom stereocenters. The molecule has 0 bridgehead atoms. The van der Waals surface area contributed by atoms with Crippen molar-refractivity contribution in [3.63, 3.8) is 0 Å². The lowest BCUT2D eigenvalue weighted by Gasteiger charge is -2.18. The van der Waals surface area contributed by atoms with Crippen LogP contribution in [-0.4, -0.2) is 17.5 Å². The number of carbonyl (C=O) groups excluding carboxylic acids is 1. The number of aryl methyl sites for hydroxylation is 4. The van der Waals surface area contributed by atoms with Crippen LogP contribution in [0.15, 0.2) is 36.9 Å². The maximum Gasteiger partial charge on any atom is 0.261 e. The molecule has 0 spiro atoms. The van der Waals surface area contributed by atoms with Gasteiger partial charge in [0.1, 0.15) is 17.9 Å². The topological polar surface area (TPSA) is 51.2 Å². The minimum absolute atomic E-state index is 0.170. The molecule has 0 aliphatic rings. The van der Waals surface area contributed by atoms with E-state index in [9.17, 15) is 4.79 Å². The number of rotatable bonds is 9. The van der Waals surface area contributed by atoms with E-state index in [1.165, 1.54) is 0 Å². The van der Waals surface area contributed by atoms with Crippen LogP contribution in [0.1, 0.15) is 60.6 Å². The number of hydrogen-bond acceptors (Lipinski definition) is 3. The lowest BCUT2D eigenvalue weighted by molar-refractivity contribution is 0.102. The third-order valence-electron chi connectivity index (χ3n) is 4.63. The van der Waals surface area contributed by atoms with Gasteiger partial charge in [0.25, 0.3) is 5.91 Å². The number of carbonyl (C=O) groups is 1. The van der Waals surface area contributed by atoms with Gasteiger partial charge in [0, 0.05) is 17.4 Å². The summed E-state index contributed by atoms with van der Waals surface area (Å²) in [6.45, 7) is 12.3. The molecule has 27 heavy (non-hydrogen) atoms. The number of benzene rings is 1. The van der Waals surface area contributed by atoms with Crippen molar-refractivity contribution in [2.75, 3.05) is 11.9 Å². The average molecular weight is 367 g/mol. The van der Waals surface area contributed by atoms with Crippen LogP contribution in [0.2, 0.25) is 0 Å². The quantitative estimate of drug-likeness (QED) is 0.625. The summed E-state index contributed by atoms with van der Waals surface area (Å²) in [6.07, 6.45) is 4.85. The Bertz CT molecular complexity index is 790. The zero-order valence-corrected chi connectivity index (χ0v) is 16.9. The van der Waals surface area contributed by atoms with Gasteiger partial charge in [-0.1, -0.05) is 58.5 Å². The average Bonchev–Trinajstić information content (AvgIpc) is 2.71. The highest BCUT2D eigenvalue weighted by Gasteiger charge is 2.21. The van der Waals surface area contributed by atoms with Crippen LogP contribution in [0.4, 0.5) is 5.69 Å². The Balaban J connectivity index is 2.51. The van der Waals surface area contributed by atoms with E-state index in [1.807, 2.05) is 26.0 Å². The van der Waals surface area contributed by atoms with Crippen LogP contribution in [0.3, 0.4) is 0 Å². The highest BCUT2D eigenvalue weighted by Crippen LogP contribution is 2.28. The van der Waals surface area contributed by atoms with Gasteiger partial charge in [0.2, 0.25) is 0 Å². The SMILES string of the molecule is C=CCOc1cc(CC)nc(CC)c1C(=O)Nc1c(CC)cccc1CC. The second kappa shape index (κ2) is 9.91. The summed E-state index contributed by atoms with van der Waals surface area (Å²) in [4.78, 5) is 17.9. The van der Waals surface area contributed by atoms with Crippen LogP contribution in [-0.2, 0) is 25.7 Å². The molecule has 1 aromatic heterocycles. The predicted molar refractivity (Wildman–Crippen MR) is 112 cm³/mol. The van der Waals surface area contributed by atoms with Crippen molar-refractivity contribution < 1.29 is 9.53 Å². The third-order valence-corrected chi connectivity index (χ3v) is 4.63. The number of ether oxygens (including phenoxy) is 1. The summed E-state index contributed by atoms with van der Waals surface area (Å²) in [5.41, 5.74) is 5.37. The van der Waals surface area contributed by atoms with E-state index in [1.54, 1.807) is 6.08 Å². The molecule has 1 amide bonds. The largest absolute Gasteiger partial charge is 0.489 e. The zero-order valence-electron chi connectivity index (χ0n) is 16.9. The molecule has 0 saturated heterocycles. The molecule has 1 heterocycles.